The maximum Gasteiger partial charge on any atom is -0.0129 e. The van der Waals surface area contributed by atoms with Crippen LogP contribution in [0.5, 0.6) is 0 Å². The van der Waals surface area contributed by atoms with Gasteiger partial charge in [-0.05, 0) is 47.4 Å². The first-order chi connectivity index (χ1) is 6.90. The molecule has 0 saturated heterocycles. The van der Waals surface area contributed by atoms with Crippen molar-refractivity contribution in [2.45, 2.75) is 59.8 Å². The van der Waals surface area contributed by atoms with Crippen LogP contribution in [0, 0.1) is 6.92 Å². The molecule has 0 aliphatic carbocycles. The first-order valence-electron chi connectivity index (χ1n) is 6.03. The summed E-state index contributed by atoms with van der Waals surface area (Å²) in [5.74, 6) is 0. The molecule has 0 heterocycles. The average molecular weight is 204 g/mol. The van der Waals surface area contributed by atoms with Gasteiger partial charge < -0.3 is 0 Å². The van der Waals surface area contributed by atoms with Crippen LogP contribution in [0.3, 0.4) is 0 Å². The third kappa shape index (κ3) is 2.62. The molecule has 0 aliphatic heterocycles. The van der Waals surface area contributed by atoms with E-state index in [0.29, 0.717) is 0 Å². The summed E-state index contributed by atoms with van der Waals surface area (Å²) in [5, 5.41) is 0. The van der Waals surface area contributed by atoms with Gasteiger partial charge in [0, 0.05) is 0 Å². The van der Waals surface area contributed by atoms with Crippen molar-refractivity contribution in [2.24, 2.45) is 0 Å². The van der Waals surface area contributed by atoms with Crippen molar-refractivity contribution in [3.05, 3.63) is 34.4 Å². The Kier molecular flexibility index (Phi) is 3.59. The normalized spacial score (nSPS) is 11.9. The van der Waals surface area contributed by atoms with Crippen molar-refractivity contribution in [2.75, 3.05) is 0 Å². The molecule has 0 bridgehead atoms. The highest BCUT2D eigenvalue weighted by Gasteiger charge is 2.18. The topological polar surface area (TPSA) is 0 Å². The first kappa shape index (κ1) is 12.3. The number of hydrogen-bond acceptors (Lipinski definition) is 0. The lowest BCUT2D eigenvalue weighted by atomic mass is 9.81. The lowest BCUT2D eigenvalue weighted by Crippen LogP contribution is -2.15. The lowest BCUT2D eigenvalue weighted by molar-refractivity contribution is 0.582. The smallest absolute Gasteiger partial charge is 0.0129 e. The average Bonchev–Trinajstić information content (AvgIpc) is 2.15. The highest BCUT2D eigenvalue weighted by Crippen LogP contribution is 2.29. The fourth-order valence-electron chi connectivity index (χ4n) is 2.18. The molecule has 0 nitrogen and oxygen atoms in total. The fourth-order valence-corrected chi connectivity index (χ4v) is 2.18. The van der Waals surface area contributed by atoms with E-state index in [1.165, 1.54) is 22.3 Å². The molecular formula is C15H24. The summed E-state index contributed by atoms with van der Waals surface area (Å²) in [4.78, 5) is 0. The minimum Gasteiger partial charge on any atom is -0.0613 e. The fraction of sp³-hybridized carbons (Fsp3) is 0.600. The highest BCUT2D eigenvalue weighted by molar-refractivity contribution is 5.41. The number of rotatable bonds is 2. The molecule has 0 amide bonds. The van der Waals surface area contributed by atoms with Crippen LogP contribution in [0.15, 0.2) is 12.1 Å². The van der Waals surface area contributed by atoms with E-state index in [2.05, 4.69) is 53.7 Å². The zero-order valence-corrected chi connectivity index (χ0v) is 11.1. The van der Waals surface area contributed by atoms with Crippen molar-refractivity contribution in [3.63, 3.8) is 0 Å². The summed E-state index contributed by atoms with van der Waals surface area (Å²) in [5.41, 5.74) is 6.24. The Morgan fingerprint density at radius 1 is 0.933 bits per heavy atom. The van der Waals surface area contributed by atoms with Crippen LogP contribution in [0.4, 0.5) is 0 Å². The molecule has 15 heavy (non-hydrogen) atoms. The van der Waals surface area contributed by atoms with Crippen LogP contribution < -0.4 is 0 Å². The Balaban J connectivity index is 3.36. The summed E-state index contributed by atoms with van der Waals surface area (Å²) in [6.07, 6.45) is 2.27. The van der Waals surface area contributed by atoms with Crippen LogP contribution in [-0.4, -0.2) is 0 Å². The van der Waals surface area contributed by atoms with E-state index in [1.54, 1.807) is 0 Å². The monoisotopic (exact) mass is 204 g/mol. The largest absolute Gasteiger partial charge is 0.0613 e. The molecule has 0 radical (unpaired) electrons. The molecular weight excluding hydrogens is 180 g/mol. The van der Waals surface area contributed by atoms with Crippen molar-refractivity contribution in [3.8, 4) is 0 Å². The minimum atomic E-state index is 0.267. The third-order valence-electron chi connectivity index (χ3n) is 3.13. The van der Waals surface area contributed by atoms with Crippen LogP contribution >= 0.6 is 0 Å². The van der Waals surface area contributed by atoms with E-state index in [4.69, 9.17) is 0 Å². The van der Waals surface area contributed by atoms with E-state index in [-0.39, 0.29) is 5.41 Å². The number of aryl methyl sites for hydroxylation is 3. The van der Waals surface area contributed by atoms with Gasteiger partial charge in [-0.1, -0.05) is 46.8 Å². The molecule has 0 aliphatic rings. The molecule has 84 valence electrons. The van der Waals surface area contributed by atoms with Gasteiger partial charge >= 0.3 is 0 Å². The molecule has 0 spiro atoms. The summed E-state index contributed by atoms with van der Waals surface area (Å²) >= 11 is 0. The standard InChI is InChI=1S/C15H24/c1-7-12-10-14(15(4,5)6)13(8-2)9-11(12)3/h9-10H,7-8H2,1-6H3. The van der Waals surface area contributed by atoms with Crippen LogP contribution in [-0.2, 0) is 18.3 Å². The predicted octanol–water partition coefficient (Wildman–Crippen LogP) is 4.42. The molecule has 0 N–H and O–H groups in total. The quantitative estimate of drug-likeness (QED) is 0.669. The number of hydrogen-bond donors (Lipinski definition) is 0. The second-order valence-corrected chi connectivity index (χ2v) is 5.39. The molecule has 1 rings (SSSR count). The maximum absolute atomic E-state index is 2.41. The Hall–Kier alpha value is -0.780. The highest BCUT2D eigenvalue weighted by atomic mass is 14.2. The Bertz CT molecular complexity index is 340. The Morgan fingerprint density at radius 3 is 1.87 bits per heavy atom. The third-order valence-corrected chi connectivity index (χ3v) is 3.13. The Morgan fingerprint density at radius 2 is 1.47 bits per heavy atom. The summed E-state index contributed by atoms with van der Waals surface area (Å²) in [6, 6.07) is 4.79. The molecule has 1 aromatic rings. The summed E-state index contributed by atoms with van der Waals surface area (Å²) in [7, 11) is 0. The molecule has 0 atom stereocenters. The van der Waals surface area contributed by atoms with Crippen LogP contribution in [0.25, 0.3) is 0 Å². The van der Waals surface area contributed by atoms with Gasteiger partial charge in [-0.15, -0.1) is 0 Å². The summed E-state index contributed by atoms with van der Waals surface area (Å²) < 4.78 is 0. The SMILES string of the molecule is CCc1cc(C(C)(C)C)c(CC)cc1C. The van der Waals surface area contributed by atoms with Crippen LogP contribution in [0.2, 0.25) is 0 Å². The van der Waals surface area contributed by atoms with E-state index in [9.17, 15) is 0 Å². The van der Waals surface area contributed by atoms with Crippen LogP contribution in [0.1, 0.15) is 56.9 Å². The zero-order valence-electron chi connectivity index (χ0n) is 11.1. The van der Waals surface area contributed by atoms with Gasteiger partial charge in [0.25, 0.3) is 0 Å². The van der Waals surface area contributed by atoms with Gasteiger partial charge in [0.15, 0.2) is 0 Å². The lowest BCUT2D eigenvalue weighted by Gasteiger charge is -2.24. The molecule has 0 heteroatoms. The van der Waals surface area contributed by atoms with Crippen molar-refractivity contribution in [1.29, 1.82) is 0 Å². The van der Waals surface area contributed by atoms with E-state index in [0.717, 1.165) is 12.8 Å². The van der Waals surface area contributed by atoms with Gasteiger partial charge in [0.1, 0.15) is 0 Å². The van der Waals surface area contributed by atoms with E-state index in [1.807, 2.05) is 0 Å². The van der Waals surface area contributed by atoms with Gasteiger partial charge in [0.05, 0.1) is 0 Å². The molecule has 0 aromatic heterocycles. The molecule has 0 unspecified atom stereocenters. The predicted molar refractivity (Wildman–Crippen MR) is 68.6 cm³/mol. The van der Waals surface area contributed by atoms with Crippen molar-refractivity contribution in [1.82, 2.24) is 0 Å². The second kappa shape index (κ2) is 4.38. The zero-order chi connectivity index (χ0) is 11.6. The molecule has 1 aromatic carbocycles. The molecule has 0 fully saturated rings. The summed E-state index contributed by atoms with van der Waals surface area (Å²) in [6.45, 7) is 13.6. The molecule has 0 saturated carbocycles. The maximum atomic E-state index is 2.41. The first-order valence-corrected chi connectivity index (χ1v) is 6.03. The van der Waals surface area contributed by atoms with Gasteiger partial charge in [-0.3, -0.25) is 0 Å². The minimum absolute atomic E-state index is 0.267. The number of benzene rings is 1. The van der Waals surface area contributed by atoms with Crippen molar-refractivity contribution >= 4 is 0 Å². The van der Waals surface area contributed by atoms with Gasteiger partial charge in [-0.25, -0.2) is 0 Å². The van der Waals surface area contributed by atoms with Gasteiger partial charge in [-0.2, -0.15) is 0 Å². The Labute approximate surface area is 94.7 Å². The second-order valence-electron chi connectivity index (χ2n) is 5.39. The van der Waals surface area contributed by atoms with Gasteiger partial charge in [0.2, 0.25) is 0 Å². The van der Waals surface area contributed by atoms with Crippen molar-refractivity contribution < 1.29 is 0 Å². The van der Waals surface area contributed by atoms with E-state index < -0.39 is 0 Å². The van der Waals surface area contributed by atoms with E-state index >= 15 is 0 Å².